The van der Waals surface area contributed by atoms with Gasteiger partial charge in [0.1, 0.15) is 17.1 Å². The maximum atomic E-state index is 12.0. The van der Waals surface area contributed by atoms with Gasteiger partial charge in [-0.05, 0) is 35.9 Å². The van der Waals surface area contributed by atoms with Gasteiger partial charge in [-0.25, -0.2) is 14.8 Å². The van der Waals surface area contributed by atoms with Gasteiger partial charge in [0.25, 0.3) is 0 Å². The van der Waals surface area contributed by atoms with Crippen molar-refractivity contribution >= 4 is 41.1 Å². The number of pyridine rings is 2. The monoisotopic (exact) mass is 377 g/mol. The van der Waals surface area contributed by atoms with Crippen LogP contribution in [0.4, 0.5) is 5.82 Å². The van der Waals surface area contributed by atoms with Crippen LogP contribution in [-0.2, 0) is 9.53 Å². The van der Waals surface area contributed by atoms with E-state index in [1.54, 1.807) is 30.6 Å². The van der Waals surface area contributed by atoms with Gasteiger partial charge in [0, 0.05) is 44.4 Å². The molecule has 3 heterocycles. The molecule has 0 spiro atoms. The fourth-order valence-corrected chi connectivity index (χ4v) is 2.94. The van der Waals surface area contributed by atoms with Crippen LogP contribution in [0.2, 0.25) is 10.2 Å². The van der Waals surface area contributed by atoms with Gasteiger partial charge in [-0.1, -0.05) is 23.2 Å². The zero-order chi connectivity index (χ0) is 17.6. The van der Waals surface area contributed by atoms with E-state index in [2.05, 4.69) is 14.9 Å². The highest BCUT2D eigenvalue weighted by molar-refractivity contribution is 6.30. The first-order chi connectivity index (χ1) is 12.1. The first kappa shape index (κ1) is 17.7. The molecule has 130 valence electrons. The molecule has 1 saturated heterocycles. The molecule has 5 nitrogen and oxygen atoms in total. The molecule has 0 amide bonds. The molecule has 2 aromatic heterocycles. The Labute approximate surface area is 156 Å². The van der Waals surface area contributed by atoms with Gasteiger partial charge >= 0.3 is 5.97 Å². The minimum absolute atomic E-state index is 0.0817. The number of aromatic nitrogens is 2. The van der Waals surface area contributed by atoms with E-state index in [1.807, 2.05) is 12.1 Å². The van der Waals surface area contributed by atoms with Crippen LogP contribution in [0.15, 0.2) is 42.7 Å². The van der Waals surface area contributed by atoms with Crippen LogP contribution >= 0.6 is 23.2 Å². The van der Waals surface area contributed by atoms with Crippen molar-refractivity contribution in [3.05, 3.63) is 58.5 Å². The summed E-state index contributed by atoms with van der Waals surface area (Å²) in [5.74, 6) is 0.541. The quantitative estimate of drug-likeness (QED) is 0.457. The molecule has 0 saturated carbocycles. The lowest BCUT2D eigenvalue weighted by atomic mass is 10.1. The van der Waals surface area contributed by atoms with Gasteiger partial charge in [-0.3, -0.25) is 0 Å². The Balaban J connectivity index is 1.48. The molecule has 0 bridgehead atoms. The van der Waals surface area contributed by atoms with E-state index >= 15 is 0 Å². The number of hydrogen-bond donors (Lipinski definition) is 0. The molecule has 25 heavy (non-hydrogen) atoms. The van der Waals surface area contributed by atoms with E-state index in [0.29, 0.717) is 10.2 Å². The fraction of sp³-hybridized carbons (Fsp3) is 0.278. The standard InChI is InChI=1S/C18H17Cl2N3O2/c19-14-2-3-17(22-12-14)23-9-6-15(7-10-23)25-18(24)4-1-13-5-8-21-16(20)11-13/h1-5,8,11-12,15H,6-7,9-10H2/b4-1+. The second kappa shape index (κ2) is 8.32. The lowest BCUT2D eigenvalue weighted by Gasteiger charge is -2.32. The van der Waals surface area contributed by atoms with Crippen LogP contribution in [0, 0.1) is 0 Å². The van der Waals surface area contributed by atoms with Crippen LogP contribution < -0.4 is 4.90 Å². The predicted octanol–water partition coefficient (Wildman–Crippen LogP) is 4.01. The molecule has 0 aromatic carbocycles. The average molecular weight is 378 g/mol. The first-order valence-electron chi connectivity index (χ1n) is 7.97. The molecule has 1 aliphatic heterocycles. The smallest absolute Gasteiger partial charge is 0.331 e. The van der Waals surface area contributed by atoms with E-state index in [-0.39, 0.29) is 12.1 Å². The number of halogens is 2. The van der Waals surface area contributed by atoms with Crippen molar-refractivity contribution in [1.82, 2.24) is 9.97 Å². The Morgan fingerprint density at radius 3 is 2.68 bits per heavy atom. The van der Waals surface area contributed by atoms with Crippen LogP contribution in [0.5, 0.6) is 0 Å². The van der Waals surface area contributed by atoms with E-state index < -0.39 is 0 Å². The van der Waals surface area contributed by atoms with Crippen molar-refractivity contribution < 1.29 is 9.53 Å². The number of esters is 1. The Kier molecular flexibility index (Phi) is 5.89. The lowest BCUT2D eigenvalue weighted by Crippen LogP contribution is -2.38. The van der Waals surface area contributed by atoms with E-state index in [1.165, 1.54) is 6.08 Å². The summed E-state index contributed by atoms with van der Waals surface area (Å²) < 4.78 is 5.50. The summed E-state index contributed by atoms with van der Waals surface area (Å²) in [7, 11) is 0. The highest BCUT2D eigenvalue weighted by Crippen LogP contribution is 2.21. The third-order valence-corrected chi connectivity index (χ3v) is 4.35. The summed E-state index contributed by atoms with van der Waals surface area (Å²) in [5.41, 5.74) is 0.806. The molecule has 0 aliphatic carbocycles. The normalized spacial score (nSPS) is 15.5. The summed E-state index contributed by atoms with van der Waals surface area (Å²) in [4.78, 5) is 22.3. The number of rotatable bonds is 4. The minimum atomic E-state index is -0.351. The zero-order valence-corrected chi connectivity index (χ0v) is 15.0. The summed E-state index contributed by atoms with van der Waals surface area (Å²) in [6.45, 7) is 1.58. The predicted molar refractivity (Wildman–Crippen MR) is 98.9 cm³/mol. The second-order valence-electron chi connectivity index (χ2n) is 5.70. The van der Waals surface area contributed by atoms with Gasteiger partial charge in [0.15, 0.2) is 0 Å². The topological polar surface area (TPSA) is 55.3 Å². The number of hydrogen-bond acceptors (Lipinski definition) is 5. The second-order valence-corrected chi connectivity index (χ2v) is 6.53. The van der Waals surface area contributed by atoms with Crippen molar-refractivity contribution in [3.8, 4) is 0 Å². The molecule has 0 unspecified atom stereocenters. The molecule has 7 heteroatoms. The Morgan fingerprint density at radius 1 is 1.20 bits per heavy atom. The number of ether oxygens (including phenoxy) is 1. The fourth-order valence-electron chi connectivity index (χ4n) is 2.65. The van der Waals surface area contributed by atoms with Crippen molar-refractivity contribution in [1.29, 1.82) is 0 Å². The molecule has 1 aliphatic rings. The highest BCUT2D eigenvalue weighted by atomic mass is 35.5. The molecule has 0 N–H and O–H groups in total. The number of carbonyl (C=O) groups is 1. The Bertz CT molecular complexity index is 757. The summed E-state index contributed by atoms with van der Waals surface area (Å²) in [5, 5.41) is 1.01. The van der Waals surface area contributed by atoms with E-state index in [9.17, 15) is 4.79 Å². The van der Waals surface area contributed by atoms with Gasteiger partial charge < -0.3 is 9.64 Å². The maximum Gasteiger partial charge on any atom is 0.331 e. The largest absolute Gasteiger partial charge is 0.459 e. The summed E-state index contributed by atoms with van der Waals surface area (Å²) in [6.07, 6.45) is 7.77. The number of anilines is 1. The lowest BCUT2D eigenvalue weighted by molar-refractivity contribution is -0.143. The summed E-state index contributed by atoms with van der Waals surface area (Å²) in [6, 6.07) is 7.18. The average Bonchev–Trinajstić information content (AvgIpc) is 2.62. The van der Waals surface area contributed by atoms with Crippen molar-refractivity contribution in [2.24, 2.45) is 0 Å². The van der Waals surface area contributed by atoms with Crippen LogP contribution in [0.25, 0.3) is 6.08 Å². The number of nitrogens with zero attached hydrogens (tertiary/aromatic N) is 3. The highest BCUT2D eigenvalue weighted by Gasteiger charge is 2.22. The van der Waals surface area contributed by atoms with Crippen LogP contribution in [0.3, 0.4) is 0 Å². The van der Waals surface area contributed by atoms with Gasteiger partial charge in [0.2, 0.25) is 0 Å². The molecule has 1 fully saturated rings. The number of carbonyl (C=O) groups excluding carboxylic acids is 1. The minimum Gasteiger partial charge on any atom is -0.459 e. The van der Waals surface area contributed by atoms with Crippen LogP contribution in [0.1, 0.15) is 18.4 Å². The molecular formula is C18H17Cl2N3O2. The van der Waals surface area contributed by atoms with Crippen LogP contribution in [-0.4, -0.2) is 35.1 Å². The van der Waals surface area contributed by atoms with Crippen molar-refractivity contribution in [2.45, 2.75) is 18.9 Å². The van der Waals surface area contributed by atoms with Gasteiger partial charge in [0.05, 0.1) is 5.02 Å². The third-order valence-electron chi connectivity index (χ3n) is 3.92. The molecule has 2 aromatic rings. The summed E-state index contributed by atoms with van der Waals surface area (Å²) >= 11 is 11.7. The maximum absolute atomic E-state index is 12.0. The molecule has 0 atom stereocenters. The zero-order valence-electron chi connectivity index (χ0n) is 13.4. The molecule has 3 rings (SSSR count). The molecular weight excluding hydrogens is 361 g/mol. The van der Waals surface area contributed by atoms with E-state index in [0.717, 1.165) is 37.3 Å². The third kappa shape index (κ3) is 5.18. The van der Waals surface area contributed by atoms with Crippen molar-refractivity contribution in [3.63, 3.8) is 0 Å². The SMILES string of the molecule is O=C(/C=C/c1ccnc(Cl)c1)OC1CCN(c2ccc(Cl)cn2)CC1. The van der Waals surface area contributed by atoms with Gasteiger partial charge in [-0.2, -0.15) is 0 Å². The Hall–Kier alpha value is -2.11. The van der Waals surface area contributed by atoms with Crippen molar-refractivity contribution in [2.75, 3.05) is 18.0 Å². The molecule has 0 radical (unpaired) electrons. The number of piperidine rings is 1. The Morgan fingerprint density at radius 2 is 2.00 bits per heavy atom. The van der Waals surface area contributed by atoms with E-state index in [4.69, 9.17) is 27.9 Å². The first-order valence-corrected chi connectivity index (χ1v) is 8.72. The van der Waals surface area contributed by atoms with Gasteiger partial charge in [-0.15, -0.1) is 0 Å².